The number of likely N-dealkylation sites (N-methyl/N-ethyl adjacent to an activating group) is 1. The van der Waals surface area contributed by atoms with Gasteiger partial charge in [0.15, 0.2) is 5.78 Å². The Morgan fingerprint density at radius 1 is 1.18 bits per heavy atom. The smallest absolute Gasteiger partial charge is 0.234 e. The Labute approximate surface area is 197 Å². The third-order valence-corrected chi connectivity index (χ3v) is 6.84. The molecule has 1 aromatic carbocycles. The van der Waals surface area contributed by atoms with Crippen LogP contribution >= 0.6 is 11.8 Å². The molecule has 1 fully saturated rings. The molecule has 172 valence electrons. The fraction of sp³-hybridized carbons (Fsp3) is 0.417. The number of nitrogens with one attached hydrogen (secondary N) is 1. The third kappa shape index (κ3) is 5.36. The molecule has 0 aliphatic carbocycles. The Kier molecular flexibility index (Phi) is 7.28. The lowest BCUT2D eigenvalue weighted by molar-refractivity contribution is -0.113. The Bertz CT molecular complexity index is 1090. The second-order valence-corrected chi connectivity index (χ2v) is 9.21. The fourth-order valence-corrected chi connectivity index (χ4v) is 4.91. The van der Waals surface area contributed by atoms with Crippen LogP contribution in [0.5, 0.6) is 0 Å². The molecular weight excluding hydrogens is 438 g/mol. The first-order chi connectivity index (χ1) is 16.0. The van der Waals surface area contributed by atoms with E-state index in [2.05, 4.69) is 28.2 Å². The van der Waals surface area contributed by atoms with E-state index in [1.165, 1.54) is 18.7 Å². The van der Waals surface area contributed by atoms with Gasteiger partial charge in [0, 0.05) is 43.0 Å². The van der Waals surface area contributed by atoms with Crippen molar-refractivity contribution in [3.05, 3.63) is 46.5 Å². The average molecular weight is 466 g/mol. The van der Waals surface area contributed by atoms with Gasteiger partial charge in [0.05, 0.1) is 24.5 Å². The van der Waals surface area contributed by atoms with Crippen molar-refractivity contribution in [3.63, 3.8) is 0 Å². The highest BCUT2D eigenvalue weighted by Gasteiger charge is 2.28. The van der Waals surface area contributed by atoms with Crippen molar-refractivity contribution in [2.24, 2.45) is 0 Å². The standard InChI is InChI=1S/C24H27N5O3S/c1-16(30)17-3-5-18(6-4-17)26-22(31)15-33-24-20(13-25)19-7-8-28(2)14-21(19)23(27-24)29-9-11-32-12-10-29/h3-6H,7-12,14-15H2,1-2H3,(H,26,31). The lowest BCUT2D eigenvalue weighted by atomic mass is 9.96. The zero-order valence-electron chi connectivity index (χ0n) is 18.9. The van der Waals surface area contributed by atoms with Crippen LogP contribution in [0.4, 0.5) is 11.5 Å². The van der Waals surface area contributed by atoms with Crippen LogP contribution in [0.3, 0.4) is 0 Å². The topological polar surface area (TPSA) is 98.6 Å². The number of ketones is 1. The molecule has 1 N–H and O–H groups in total. The van der Waals surface area contributed by atoms with Crippen LogP contribution in [-0.2, 0) is 22.5 Å². The van der Waals surface area contributed by atoms with Gasteiger partial charge >= 0.3 is 0 Å². The van der Waals surface area contributed by atoms with Crippen molar-refractivity contribution in [2.75, 3.05) is 55.9 Å². The molecule has 3 heterocycles. The van der Waals surface area contributed by atoms with E-state index >= 15 is 0 Å². The molecule has 0 unspecified atom stereocenters. The number of carbonyl (C=O) groups excluding carboxylic acids is 2. The number of thioether (sulfide) groups is 1. The van der Waals surface area contributed by atoms with E-state index in [0.717, 1.165) is 49.5 Å². The summed E-state index contributed by atoms with van der Waals surface area (Å²) in [6.45, 7) is 5.97. The first kappa shape index (κ1) is 23.2. The molecular formula is C24H27N5O3S. The van der Waals surface area contributed by atoms with E-state index in [0.29, 0.717) is 35.1 Å². The summed E-state index contributed by atoms with van der Waals surface area (Å²) in [6.07, 6.45) is 0.789. The number of carbonyl (C=O) groups is 2. The zero-order chi connectivity index (χ0) is 23.4. The van der Waals surface area contributed by atoms with E-state index in [-0.39, 0.29) is 17.4 Å². The van der Waals surface area contributed by atoms with E-state index in [9.17, 15) is 14.9 Å². The first-order valence-electron chi connectivity index (χ1n) is 11.0. The minimum Gasteiger partial charge on any atom is -0.378 e. The van der Waals surface area contributed by atoms with Crippen molar-refractivity contribution < 1.29 is 14.3 Å². The Hall–Kier alpha value is -2.93. The summed E-state index contributed by atoms with van der Waals surface area (Å²) in [4.78, 5) is 33.4. The number of nitrogens with zero attached hydrogens (tertiary/aromatic N) is 4. The second kappa shape index (κ2) is 10.3. The number of hydrogen-bond donors (Lipinski definition) is 1. The molecule has 9 heteroatoms. The average Bonchev–Trinajstić information content (AvgIpc) is 2.83. The minimum absolute atomic E-state index is 0.0202. The number of morpholine rings is 1. The molecule has 0 spiro atoms. The van der Waals surface area contributed by atoms with Crippen LogP contribution in [0.2, 0.25) is 0 Å². The van der Waals surface area contributed by atoms with Crippen molar-refractivity contribution in [1.82, 2.24) is 9.88 Å². The maximum Gasteiger partial charge on any atom is 0.234 e. The number of pyridine rings is 1. The number of benzene rings is 1. The molecule has 2 aliphatic rings. The highest BCUT2D eigenvalue weighted by atomic mass is 32.2. The van der Waals surface area contributed by atoms with E-state index in [1.807, 2.05) is 0 Å². The predicted molar refractivity (Wildman–Crippen MR) is 128 cm³/mol. The van der Waals surface area contributed by atoms with Gasteiger partial charge in [-0.3, -0.25) is 9.59 Å². The van der Waals surface area contributed by atoms with Crippen LogP contribution in [0.15, 0.2) is 29.3 Å². The molecule has 0 atom stereocenters. The summed E-state index contributed by atoms with van der Waals surface area (Å²) in [5.41, 5.74) is 3.97. The third-order valence-electron chi connectivity index (χ3n) is 5.87. The molecule has 0 bridgehead atoms. The minimum atomic E-state index is -0.188. The molecule has 1 amide bonds. The molecule has 2 aliphatic heterocycles. The lowest BCUT2D eigenvalue weighted by Gasteiger charge is -2.34. The van der Waals surface area contributed by atoms with Crippen LogP contribution in [0, 0.1) is 11.3 Å². The molecule has 0 radical (unpaired) electrons. The number of Topliss-reactive ketones (excluding diaryl/α,β-unsaturated/α-hetero) is 1. The second-order valence-electron chi connectivity index (χ2n) is 8.24. The number of nitriles is 1. The largest absolute Gasteiger partial charge is 0.378 e. The highest BCUT2D eigenvalue weighted by molar-refractivity contribution is 8.00. The lowest BCUT2D eigenvalue weighted by Crippen LogP contribution is -2.39. The van der Waals surface area contributed by atoms with Crippen LogP contribution in [0.25, 0.3) is 0 Å². The Morgan fingerprint density at radius 2 is 1.91 bits per heavy atom. The van der Waals surface area contributed by atoms with Gasteiger partial charge < -0.3 is 19.9 Å². The number of fused-ring (bicyclic) bond motifs is 1. The van der Waals surface area contributed by atoms with Crippen LogP contribution < -0.4 is 10.2 Å². The number of hydrogen-bond acceptors (Lipinski definition) is 8. The van der Waals surface area contributed by atoms with E-state index in [1.54, 1.807) is 24.3 Å². The first-order valence-corrected chi connectivity index (χ1v) is 12.0. The molecule has 2 aromatic rings. The number of anilines is 2. The van der Waals surface area contributed by atoms with Gasteiger partial charge in [-0.05, 0) is 50.2 Å². The predicted octanol–water partition coefficient (Wildman–Crippen LogP) is 2.71. The van der Waals surface area contributed by atoms with E-state index < -0.39 is 0 Å². The summed E-state index contributed by atoms with van der Waals surface area (Å²) < 4.78 is 5.51. The summed E-state index contributed by atoms with van der Waals surface area (Å²) in [6, 6.07) is 9.16. The summed E-state index contributed by atoms with van der Waals surface area (Å²) in [5, 5.41) is 13.4. The molecule has 8 nitrogen and oxygen atoms in total. The van der Waals surface area contributed by atoms with Gasteiger partial charge in [-0.1, -0.05) is 11.8 Å². The molecule has 4 rings (SSSR count). The van der Waals surface area contributed by atoms with Gasteiger partial charge in [0.1, 0.15) is 16.9 Å². The summed E-state index contributed by atoms with van der Waals surface area (Å²) in [5.74, 6) is 0.832. The summed E-state index contributed by atoms with van der Waals surface area (Å²) >= 11 is 1.29. The quantitative estimate of drug-likeness (QED) is 0.514. The van der Waals surface area contributed by atoms with Gasteiger partial charge in [0.2, 0.25) is 5.91 Å². The molecule has 1 saturated heterocycles. The van der Waals surface area contributed by atoms with Gasteiger partial charge in [-0.2, -0.15) is 5.26 Å². The number of rotatable bonds is 6. The molecule has 1 aromatic heterocycles. The van der Waals surface area contributed by atoms with Gasteiger partial charge in [0.25, 0.3) is 0 Å². The van der Waals surface area contributed by atoms with Crippen molar-refractivity contribution in [2.45, 2.75) is 24.9 Å². The molecule has 33 heavy (non-hydrogen) atoms. The van der Waals surface area contributed by atoms with Crippen LogP contribution in [-0.4, -0.2) is 67.2 Å². The van der Waals surface area contributed by atoms with Crippen molar-refractivity contribution in [3.8, 4) is 6.07 Å². The Balaban J connectivity index is 1.54. The maximum atomic E-state index is 12.6. The number of amides is 1. The van der Waals surface area contributed by atoms with Crippen molar-refractivity contribution >= 4 is 35.0 Å². The SMILES string of the molecule is CC(=O)c1ccc(NC(=O)CSc2nc(N3CCOCC3)c3c(c2C#N)CCN(C)C3)cc1. The molecule has 0 saturated carbocycles. The Morgan fingerprint density at radius 3 is 2.58 bits per heavy atom. The number of aromatic nitrogens is 1. The van der Waals surface area contributed by atoms with Crippen molar-refractivity contribution in [1.29, 1.82) is 5.26 Å². The van der Waals surface area contributed by atoms with Gasteiger partial charge in [-0.15, -0.1) is 0 Å². The van der Waals surface area contributed by atoms with Crippen LogP contribution in [0.1, 0.15) is 34.0 Å². The van der Waals surface area contributed by atoms with E-state index in [4.69, 9.17) is 9.72 Å². The normalized spacial score (nSPS) is 16.1. The summed E-state index contributed by atoms with van der Waals surface area (Å²) in [7, 11) is 2.08. The number of ether oxygens (including phenoxy) is 1. The zero-order valence-corrected chi connectivity index (χ0v) is 19.7. The monoisotopic (exact) mass is 465 g/mol. The highest BCUT2D eigenvalue weighted by Crippen LogP contribution is 2.35. The maximum absolute atomic E-state index is 12.6. The fourth-order valence-electron chi connectivity index (χ4n) is 4.10. The van der Waals surface area contributed by atoms with Gasteiger partial charge in [-0.25, -0.2) is 4.98 Å².